The molecule has 3 aromatic rings. The highest BCUT2D eigenvalue weighted by Crippen LogP contribution is 2.41. The zero-order valence-corrected chi connectivity index (χ0v) is 17.0. The van der Waals surface area contributed by atoms with E-state index in [-0.39, 0.29) is 17.0 Å². The van der Waals surface area contributed by atoms with Crippen molar-refractivity contribution in [3.05, 3.63) is 71.5 Å². The average Bonchev–Trinajstić information content (AvgIpc) is 2.66. The lowest BCUT2D eigenvalue weighted by Crippen LogP contribution is -2.25. The third-order valence-electron chi connectivity index (χ3n) is 5.38. The van der Waals surface area contributed by atoms with Crippen molar-refractivity contribution in [2.24, 2.45) is 5.41 Å². The Kier molecular flexibility index (Phi) is 4.87. The number of ketones is 1. The Bertz CT molecular complexity index is 1130. The molecule has 2 aromatic carbocycles. The highest BCUT2D eigenvalue weighted by Gasteiger charge is 2.34. The number of carbonyl (C=O) groups excluding carboxylic acids is 1. The summed E-state index contributed by atoms with van der Waals surface area (Å²) in [5, 5.41) is 11.7. The summed E-state index contributed by atoms with van der Waals surface area (Å²) in [5.41, 5.74) is 2.83. The summed E-state index contributed by atoms with van der Waals surface area (Å²) in [6.45, 7) is 6.05. The first kappa shape index (κ1) is 19.2. The molecule has 1 N–H and O–H groups in total. The predicted octanol–water partition coefficient (Wildman–Crippen LogP) is 6.25. The van der Waals surface area contributed by atoms with Crippen molar-refractivity contribution in [2.75, 3.05) is 0 Å². The van der Waals surface area contributed by atoms with Crippen LogP contribution in [0, 0.1) is 5.41 Å². The summed E-state index contributed by atoms with van der Waals surface area (Å²) in [4.78, 5) is 17.4. The molecule has 0 radical (unpaired) electrons. The van der Waals surface area contributed by atoms with Gasteiger partial charge in [0.25, 0.3) is 0 Å². The topological polar surface area (TPSA) is 59.4 Å². The van der Waals surface area contributed by atoms with Gasteiger partial charge in [-0.15, -0.1) is 0 Å². The Balaban J connectivity index is 1.72. The molecule has 1 aliphatic rings. The summed E-state index contributed by atoms with van der Waals surface area (Å²) in [6.07, 6.45) is 1.68. The number of hydrogen-bond acceptors (Lipinski definition) is 4. The first-order chi connectivity index (χ1) is 13.9. The Morgan fingerprint density at radius 3 is 2.62 bits per heavy atom. The van der Waals surface area contributed by atoms with E-state index in [4.69, 9.17) is 4.74 Å². The second-order valence-corrected chi connectivity index (χ2v) is 8.38. The summed E-state index contributed by atoms with van der Waals surface area (Å²) in [6, 6.07) is 17.4. The van der Waals surface area contributed by atoms with E-state index < -0.39 is 0 Å². The number of pyridine rings is 1. The van der Waals surface area contributed by atoms with Gasteiger partial charge in [0.15, 0.2) is 5.78 Å². The number of para-hydroxylation sites is 1. The lowest BCUT2D eigenvalue weighted by molar-refractivity contribution is -0.116. The number of aliphatic hydroxyl groups is 1. The zero-order chi connectivity index (χ0) is 20.6. The van der Waals surface area contributed by atoms with Crippen LogP contribution in [0.25, 0.3) is 16.5 Å². The first-order valence-corrected chi connectivity index (χ1v) is 9.98. The number of benzene rings is 2. The van der Waals surface area contributed by atoms with Gasteiger partial charge in [-0.3, -0.25) is 4.79 Å². The van der Waals surface area contributed by atoms with Gasteiger partial charge in [-0.05, 0) is 47.2 Å². The molecule has 4 heteroatoms. The first-order valence-electron chi connectivity index (χ1n) is 9.98. The predicted molar refractivity (Wildman–Crippen MR) is 115 cm³/mol. The molecule has 0 saturated carbocycles. The molecule has 1 heterocycles. The molecular weight excluding hydrogens is 362 g/mol. The van der Waals surface area contributed by atoms with Crippen LogP contribution in [0.15, 0.2) is 60.4 Å². The molecular formula is C25H25NO3. The quantitative estimate of drug-likeness (QED) is 0.575. The third-order valence-corrected chi connectivity index (χ3v) is 5.38. The molecule has 4 rings (SSSR count). The molecule has 29 heavy (non-hydrogen) atoms. The largest absolute Gasteiger partial charge is 0.512 e. The van der Waals surface area contributed by atoms with Crippen LogP contribution in [-0.4, -0.2) is 15.9 Å². The number of fused-ring (bicyclic) bond motifs is 1. The van der Waals surface area contributed by atoms with Crippen LogP contribution in [-0.2, 0) is 11.2 Å². The van der Waals surface area contributed by atoms with Crippen molar-refractivity contribution < 1.29 is 14.6 Å². The maximum Gasteiger partial charge on any atom is 0.219 e. The van der Waals surface area contributed by atoms with E-state index in [1.54, 1.807) is 0 Å². The number of allylic oxidation sites excluding steroid dienone is 2. The number of hydrogen-bond donors (Lipinski definition) is 1. The smallest absolute Gasteiger partial charge is 0.219 e. The molecule has 0 bridgehead atoms. The fourth-order valence-electron chi connectivity index (χ4n) is 3.98. The van der Waals surface area contributed by atoms with Crippen LogP contribution in [0.1, 0.15) is 44.7 Å². The van der Waals surface area contributed by atoms with Crippen LogP contribution >= 0.6 is 0 Å². The van der Waals surface area contributed by atoms with Gasteiger partial charge in [-0.2, -0.15) is 0 Å². The molecule has 1 aromatic heterocycles. The van der Waals surface area contributed by atoms with Gasteiger partial charge in [0, 0.05) is 24.3 Å². The van der Waals surface area contributed by atoms with Gasteiger partial charge in [0.05, 0.1) is 11.1 Å². The lowest BCUT2D eigenvalue weighted by Gasteiger charge is -2.30. The molecule has 0 aliphatic heterocycles. The zero-order valence-electron chi connectivity index (χ0n) is 17.0. The van der Waals surface area contributed by atoms with Crippen LogP contribution in [0.5, 0.6) is 11.6 Å². The minimum atomic E-state index is -0.222. The van der Waals surface area contributed by atoms with Crippen molar-refractivity contribution in [1.29, 1.82) is 0 Å². The summed E-state index contributed by atoms with van der Waals surface area (Å²) in [5.74, 6) is 1.24. The molecule has 0 unspecified atom stereocenters. The number of carbonyl (C=O) groups is 1. The van der Waals surface area contributed by atoms with Crippen molar-refractivity contribution >= 4 is 22.3 Å². The van der Waals surface area contributed by atoms with E-state index in [9.17, 15) is 9.90 Å². The third kappa shape index (κ3) is 3.88. The highest BCUT2D eigenvalue weighted by atomic mass is 16.5. The van der Waals surface area contributed by atoms with Crippen LogP contribution in [0.3, 0.4) is 0 Å². The van der Waals surface area contributed by atoms with E-state index in [0.29, 0.717) is 30.0 Å². The van der Waals surface area contributed by atoms with Crippen molar-refractivity contribution in [3.8, 4) is 11.6 Å². The maximum atomic E-state index is 12.8. The maximum absolute atomic E-state index is 12.8. The number of nitrogens with zero attached hydrogens (tertiary/aromatic N) is 1. The number of rotatable bonds is 4. The minimum absolute atomic E-state index is 0.0190. The fraction of sp³-hybridized carbons (Fsp3) is 0.280. The molecule has 0 fully saturated rings. The van der Waals surface area contributed by atoms with Crippen molar-refractivity contribution in [3.63, 3.8) is 0 Å². The standard InChI is InChI=1S/C25H25NO3/c1-4-16-9-11-18(29-23-12-10-17-7-5-6-8-20(17)26-23)13-19(16)24-21(27)14-25(2,3)15-22(24)28/h5-13,27H,4,14-15H2,1-3H3. The van der Waals surface area contributed by atoms with Crippen LogP contribution in [0.4, 0.5) is 0 Å². The number of aromatic nitrogens is 1. The number of aryl methyl sites for hydroxylation is 1. The Morgan fingerprint density at radius 1 is 1.07 bits per heavy atom. The second-order valence-electron chi connectivity index (χ2n) is 8.38. The average molecular weight is 387 g/mol. The van der Waals surface area contributed by atoms with Gasteiger partial charge in [-0.1, -0.05) is 45.0 Å². The van der Waals surface area contributed by atoms with Crippen LogP contribution < -0.4 is 4.74 Å². The van der Waals surface area contributed by atoms with Gasteiger partial charge in [0.1, 0.15) is 11.5 Å². The second kappa shape index (κ2) is 7.36. The van der Waals surface area contributed by atoms with E-state index in [0.717, 1.165) is 28.5 Å². The molecule has 0 spiro atoms. The normalized spacial score (nSPS) is 16.3. The number of ether oxygens (including phenoxy) is 1. The number of aliphatic hydroxyl groups excluding tert-OH is 1. The van der Waals surface area contributed by atoms with Gasteiger partial charge in [0.2, 0.25) is 5.88 Å². The lowest BCUT2D eigenvalue weighted by atomic mass is 9.74. The SMILES string of the molecule is CCc1ccc(Oc2ccc3ccccc3n2)cc1C1=C(O)CC(C)(C)CC1=O. The molecule has 4 nitrogen and oxygen atoms in total. The van der Waals surface area contributed by atoms with Gasteiger partial charge >= 0.3 is 0 Å². The van der Waals surface area contributed by atoms with E-state index in [1.807, 2.05) is 75.4 Å². The van der Waals surface area contributed by atoms with Crippen molar-refractivity contribution in [1.82, 2.24) is 4.98 Å². The Hall–Kier alpha value is -3.14. The molecule has 148 valence electrons. The molecule has 0 atom stereocenters. The van der Waals surface area contributed by atoms with E-state index in [2.05, 4.69) is 4.98 Å². The summed E-state index contributed by atoms with van der Waals surface area (Å²) >= 11 is 0. The van der Waals surface area contributed by atoms with E-state index in [1.165, 1.54) is 0 Å². The summed E-state index contributed by atoms with van der Waals surface area (Å²) in [7, 11) is 0. The molecule has 0 amide bonds. The Labute approximate surface area is 170 Å². The number of Topliss-reactive ketones (excluding diaryl/α,β-unsaturated/α-hetero) is 1. The van der Waals surface area contributed by atoms with Gasteiger partial charge in [-0.25, -0.2) is 4.98 Å². The van der Waals surface area contributed by atoms with Gasteiger partial charge < -0.3 is 9.84 Å². The minimum Gasteiger partial charge on any atom is -0.512 e. The molecule has 0 saturated heterocycles. The Morgan fingerprint density at radius 2 is 1.86 bits per heavy atom. The molecule has 1 aliphatic carbocycles. The summed E-state index contributed by atoms with van der Waals surface area (Å²) < 4.78 is 6.00. The monoisotopic (exact) mass is 387 g/mol. The highest BCUT2D eigenvalue weighted by molar-refractivity contribution is 6.22. The van der Waals surface area contributed by atoms with E-state index >= 15 is 0 Å². The van der Waals surface area contributed by atoms with Crippen LogP contribution in [0.2, 0.25) is 0 Å². The fourth-order valence-corrected chi connectivity index (χ4v) is 3.98. The van der Waals surface area contributed by atoms with Crippen molar-refractivity contribution in [2.45, 2.75) is 40.0 Å².